The van der Waals surface area contributed by atoms with E-state index in [2.05, 4.69) is 15.9 Å². The monoisotopic (exact) mass is 286 g/mol. The zero-order chi connectivity index (χ0) is 12.3. The van der Waals surface area contributed by atoms with Crippen LogP contribution in [0.25, 0.3) is 0 Å². The lowest BCUT2D eigenvalue weighted by Gasteiger charge is -2.23. The van der Waals surface area contributed by atoms with Crippen molar-refractivity contribution >= 4 is 21.9 Å². The summed E-state index contributed by atoms with van der Waals surface area (Å²) in [6.07, 6.45) is -0.993. The molecule has 0 saturated carbocycles. The minimum atomic E-state index is -0.993. The first-order chi connectivity index (χ1) is 7.45. The van der Waals surface area contributed by atoms with Crippen LogP contribution in [0.4, 0.5) is 0 Å². The largest absolute Gasteiger partial charge is 0.481 e. The Hall–Kier alpha value is -0.870. The predicted molar refractivity (Wildman–Crippen MR) is 65.1 cm³/mol. The van der Waals surface area contributed by atoms with Crippen molar-refractivity contribution in [2.75, 3.05) is 0 Å². The summed E-state index contributed by atoms with van der Waals surface area (Å²) in [6, 6.07) is 7.12. The lowest BCUT2D eigenvalue weighted by molar-refractivity contribution is -0.148. The fourth-order valence-electron chi connectivity index (χ4n) is 1.69. The first-order valence-corrected chi connectivity index (χ1v) is 5.89. The topological polar surface area (TPSA) is 57.5 Å². The maximum atomic E-state index is 11.1. The quantitative estimate of drug-likeness (QED) is 0.895. The molecule has 0 aliphatic heterocycles. The molecule has 0 spiro atoms. The standard InChI is InChI=1S/C12H15BrO3/c1-7(2)10(12(15)16)11(14)8-5-3-4-6-9(8)13/h3-7,10-11,14H,1-2H3,(H,15,16). The first-order valence-electron chi connectivity index (χ1n) is 5.10. The predicted octanol–water partition coefficient (Wildman–Crippen LogP) is 2.84. The smallest absolute Gasteiger partial charge is 0.309 e. The van der Waals surface area contributed by atoms with Gasteiger partial charge in [0.15, 0.2) is 0 Å². The van der Waals surface area contributed by atoms with Crippen molar-refractivity contribution in [3.63, 3.8) is 0 Å². The number of aliphatic hydroxyl groups excluding tert-OH is 1. The van der Waals surface area contributed by atoms with E-state index in [1.807, 2.05) is 6.07 Å². The Morgan fingerprint density at radius 3 is 2.31 bits per heavy atom. The third-order valence-electron chi connectivity index (χ3n) is 2.57. The number of benzene rings is 1. The average molecular weight is 287 g/mol. The number of carboxylic acid groups (broad SMARTS) is 1. The first kappa shape index (κ1) is 13.2. The van der Waals surface area contributed by atoms with Crippen LogP contribution in [0.1, 0.15) is 25.5 Å². The van der Waals surface area contributed by atoms with Gasteiger partial charge in [-0.05, 0) is 17.5 Å². The summed E-state index contributed by atoms with van der Waals surface area (Å²) in [4.78, 5) is 11.1. The fraction of sp³-hybridized carbons (Fsp3) is 0.417. The van der Waals surface area contributed by atoms with E-state index in [-0.39, 0.29) is 5.92 Å². The highest BCUT2D eigenvalue weighted by Gasteiger charge is 2.31. The van der Waals surface area contributed by atoms with Gasteiger partial charge in [-0.2, -0.15) is 0 Å². The third kappa shape index (κ3) is 2.83. The Morgan fingerprint density at radius 1 is 1.31 bits per heavy atom. The van der Waals surface area contributed by atoms with Gasteiger partial charge < -0.3 is 10.2 Å². The number of hydrogen-bond acceptors (Lipinski definition) is 2. The van der Waals surface area contributed by atoms with Crippen molar-refractivity contribution in [1.82, 2.24) is 0 Å². The summed E-state index contributed by atoms with van der Waals surface area (Å²) in [7, 11) is 0. The molecule has 0 saturated heterocycles. The van der Waals surface area contributed by atoms with Gasteiger partial charge in [0.25, 0.3) is 0 Å². The molecule has 0 bridgehead atoms. The van der Waals surface area contributed by atoms with Crippen LogP contribution in [-0.2, 0) is 4.79 Å². The lowest BCUT2D eigenvalue weighted by atomic mass is 9.87. The van der Waals surface area contributed by atoms with E-state index >= 15 is 0 Å². The minimum absolute atomic E-state index is 0.125. The van der Waals surface area contributed by atoms with Gasteiger partial charge in [0.05, 0.1) is 12.0 Å². The molecular weight excluding hydrogens is 272 g/mol. The van der Waals surface area contributed by atoms with Crippen molar-refractivity contribution in [3.05, 3.63) is 34.3 Å². The van der Waals surface area contributed by atoms with Crippen LogP contribution in [0.2, 0.25) is 0 Å². The molecule has 2 N–H and O–H groups in total. The van der Waals surface area contributed by atoms with Gasteiger partial charge >= 0.3 is 5.97 Å². The molecule has 1 aromatic carbocycles. The molecule has 0 amide bonds. The maximum Gasteiger partial charge on any atom is 0.309 e. The second-order valence-corrected chi connectivity index (χ2v) is 4.93. The van der Waals surface area contributed by atoms with Crippen LogP contribution in [0.3, 0.4) is 0 Å². The third-order valence-corrected chi connectivity index (χ3v) is 3.29. The molecule has 2 unspecified atom stereocenters. The van der Waals surface area contributed by atoms with Crippen molar-refractivity contribution in [2.45, 2.75) is 20.0 Å². The molecule has 1 aromatic rings. The highest BCUT2D eigenvalue weighted by atomic mass is 79.9. The summed E-state index contributed by atoms with van der Waals surface area (Å²) >= 11 is 3.31. The molecule has 0 aliphatic carbocycles. The Labute approximate surface area is 103 Å². The van der Waals surface area contributed by atoms with E-state index < -0.39 is 18.0 Å². The molecule has 3 nitrogen and oxygen atoms in total. The minimum Gasteiger partial charge on any atom is -0.481 e. The normalized spacial score (nSPS) is 14.8. The van der Waals surface area contributed by atoms with Gasteiger partial charge in [0, 0.05) is 4.47 Å². The van der Waals surface area contributed by atoms with E-state index in [0.717, 1.165) is 4.47 Å². The summed E-state index contributed by atoms with van der Waals surface area (Å²) in [5, 5.41) is 19.2. The summed E-state index contributed by atoms with van der Waals surface area (Å²) in [5.74, 6) is -1.89. The number of hydrogen-bond donors (Lipinski definition) is 2. The molecule has 0 heterocycles. The van der Waals surface area contributed by atoms with Crippen molar-refractivity contribution < 1.29 is 15.0 Å². The molecule has 88 valence electrons. The van der Waals surface area contributed by atoms with Crippen LogP contribution < -0.4 is 0 Å². The number of aliphatic hydroxyl groups is 1. The highest BCUT2D eigenvalue weighted by molar-refractivity contribution is 9.10. The second kappa shape index (κ2) is 5.46. The summed E-state index contributed by atoms with van der Waals surface area (Å²) in [5.41, 5.74) is 0.614. The molecule has 4 heteroatoms. The average Bonchev–Trinajstić information content (AvgIpc) is 2.16. The molecule has 0 fully saturated rings. The molecule has 0 aromatic heterocycles. The van der Waals surface area contributed by atoms with E-state index in [0.29, 0.717) is 5.56 Å². The molecule has 2 atom stereocenters. The van der Waals surface area contributed by atoms with Crippen LogP contribution in [-0.4, -0.2) is 16.2 Å². The van der Waals surface area contributed by atoms with E-state index in [4.69, 9.17) is 5.11 Å². The fourth-order valence-corrected chi connectivity index (χ4v) is 2.21. The van der Waals surface area contributed by atoms with E-state index in [1.54, 1.807) is 32.0 Å². The molecule has 0 radical (unpaired) electrons. The van der Waals surface area contributed by atoms with Crippen LogP contribution in [0.5, 0.6) is 0 Å². The molecule has 1 rings (SSSR count). The van der Waals surface area contributed by atoms with Gasteiger partial charge in [-0.15, -0.1) is 0 Å². The lowest BCUT2D eigenvalue weighted by Crippen LogP contribution is -2.27. The Morgan fingerprint density at radius 2 is 1.88 bits per heavy atom. The zero-order valence-corrected chi connectivity index (χ0v) is 10.8. The van der Waals surface area contributed by atoms with Gasteiger partial charge in [-0.3, -0.25) is 4.79 Å². The highest BCUT2D eigenvalue weighted by Crippen LogP contribution is 2.32. The van der Waals surface area contributed by atoms with Crippen molar-refractivity contribution in [3.8, 4) is 0 Å². The maximum absolute atomic E-state index is 11.1. The Balaban J connectivity index is 3.04. The van der Waals surface area contributed by atoms with Crippen LogP contribution in [0.15, 0.2) is 28.7 Å². The Bertz CT molecular complexity index is 376. The second-order valence-electron chi connectivity index (χ2n) is 4.07. The molecule has 16 heavy (non-hydrogen) atoms. The van der Waals surface area contributed by atoms with Crippen molar-refractivity contribution in [1.29, 1.82) is 0 Å². The number of rotatable bonds is 4. The van der Waals surface area contributed by atoms with Gasteiger partial charge in [-0.1, -0.05) is 48.0 Å². The number of carboxylic acids is 1. The zero-order valence-electron chi connectivity index (χ0n) is 9.22. The SMILES string of the molecule is CC(C)C(C(=O)O)C(O)c1ccccc1Br. The van der Waals surface area contributed by atoms with Crippen LogP contribution in [0, 0.1) is 11.8 Å². The van der Waals surface area contributed by atoms with Crippen LogP contribution >= 0.6 is 15.9 Å². The summed E-state index contributed by atoms with van der Waals surface area (Å²) in [6.45, 7) is 3.58. The summed E-state index contributed by atoms with van der Waals surface area (Å²) < 4.78 is 0.731. The van der Waals surface area contributed by atoms with E-state index in [9.17, 15) is 9.90 Å². The number of aliphatic carboxylic acids is 1. The van der Waals surface area contributed by atoms with Crippen molar-refractivity contribution in [2.24, 2.45) is 11.8 Å². The van der Waals surface area contributed by atoms with E-state index in [1.165, 1.54) is 0 Å². The molecule has 0 aliphatic rings. The number of carbonyl (C=O) groups is 1. The van der Waals surface area contributed by atoms with Gasteiger partial charge in [-0.25, -0.2) is 0 Å². The van der Waals surface area contributed by atoms with Gasteiger partial charge in [0.2, 0.25) is 0 Å². The molecular formula is C12H15BrO3. The van der Waals surface area contributed by atoms with Gasteiger partial charge in [0.1, 0.15) is 0 Å². The number of halogens is 1. The Kier molecular flexibility index (Phi) is 4.50.